The highest BCUT2D eigenvalue weighted by Crippen LogP contribution is 2.17. The van der Waals surface area contributed by atoms with E-state index in [0.29, 0.717) is 19.0 Å². The minimum absolute atomic E-state index is 0.0451. The Morgan fingerprint density at radius 1 is 1.47 bits per heavy atom. The molecule has 0 saturated carbocycles. The Hall–Kier alpha value is -1.43. The number of nitrogens with zero attached hydrogens (tertiary/aromatic N) is 2. The predicted octanol–water partition coefficient (Wildman–Crippen LogP) is 1.85. The topological polar surface area (TPSA) is 56.3 Å². The molecule has 96 valence electrons. The van der Waals surface area contributed by atoms with Crippen molar-refractivity contribution in [2.24, 2.45) is 0 Å². The summed E-state index contributed by atoms with van der Waals surface area (Å²) in [7, 11) is 3.29. The van der Waals surface area contributed by atoms with Gasteiger partial charge in [-0.15, -0.1) is 0 Å². The van der Waals surface area contributed by atoms with Crippen LogP contribution in [0.4, 0.5) is 10.3 Å². The van der Waals surface area contributed by atoms with Gasteiger partial charge in [-0.25, -0.2) is 4.98 Å². The van der Waals surface area contributed by atoms with Crippen molar-refractivity contribution in [2.75, 3.05) is 26.1 Å². The van der Waals surface area contributed by atoms with Gasteiger partial charge in [0.25, 0.3) is 5.88 Å². The van der Waals surface area contributed by atoms with Crippen LogP contribution in [-0.4, -0.2) is 36.3 Å². The standard InChI is InChI=1S/C11H18FN3O2/c1-11(2,16-4)5-6-17-9-8(12)7-14-10(13-3)15-9/h7H,5-6H2,1-4H3,(H,13,14,15). The molecule has 5 nitrogen and oxygen atoms in total. The van der Waals surface area contributed by atoms with Gasteiger partial charge in [0.05, 0.1) is 18.4 Å². The molecule has 17 heavy (non-hydrogen) atoms. The van der Waals surface area contributed by atoms with Crippen LogP contribution >= 0.6 is 0 Å². The van der Waals surface area contributed by atoms with E-state index in [0.717, 1.165) is 6.20 Å². The molecule has 6 heteroatoms. The van der Waals surface area contributed by atoms with Crippen molar-refractivity contribution in [3.8, 4) is 5.88 Å². The summed E-state index contributed by atoms with van der Waals surface area (Å²) in [5.41, 5.74) is -0.296. The summed E-state index contributed by atoms with van der Waals surface area (Å²) in [6, 6.07) is 0. The third-order valence-electron chi connectivity index (χ3n) is 2.43. The minimum atomic E-state index is -0.570. The Bertz CT molecular complexity index is 372. The maximum Gasteiger partial charge on any atom is 0.255 e. The zero-order valence-electron chi connectivity index (χ0n) is 10.6. The highest BCUT2D eigenvalue weighted by molar-refractivity contribution is 5.27. The van der Waals surface area contributed by atoms with Crippen LogP contribution < -0.4 is 10.1 Å². The molecule has 1 aromatic heterocycles. The van der Waals surface area contributed by atoms with Gasteiger partial charge in [0, 0.05) is 20.6 Å². The summed E-state index contributed by atoms with van der Waals surface area (Å²) >= 11 is 0. The Labute approximate surface area is 100 Å². The number of nitrogens with one attached hydrogen (secondary N) is 1. The van der Waals surface area contributed by atoms with Crippen LogP contribution in [0.2, 0.25) is 0 Å². The van der Waals surface area contributed by atoms with E-state index in [4.69, 9.17) is 9.47 Å². The normalized spacial score (nSPS) is 11.4. The SMILES string of the molecule is CNc1ncc(F)c(OCCC(C)(C)OC)n1. The first kappa shape index (κ1) is 13.6. The maximum atomic E-state index is 13.3. The van der Waals surface area contributed by atoms with Crippen molar-refractivity contribution < 1.29 is 13.9 Å². The number of ether oxygens (including phenoxy) is 2. The number of halogens is 1. The lowest BCUT2D eigenvalue weighted by Gasteiger charge is -2.22. The maximum absolute atomic E-state index is 13.3. The lowest BCUT2D eigenvalue weighted by atomic mass is 10.1. The largest absolute Gasteiger partial charge is 0.475 e. The molecule has 0 fully saturated rings. The summed E-state index contributed by atoms with van der Waals surface area (Å²) in [6.07, 6.45) is 1.72. The van der Waals surface area contributed by atoms with E-state index in [-0.39, 0.29) is 11.5 Å². The molecule has 0 radical (unpaired) electrons. The van der Waals surface area contributed by atoms with Gasteiger partial charge in [-0.05, 0) is 13.8 Å². The van der Waals surface area contributed by atoms with Crippen molar-refractivity contribution in [1.29, 1.82) is 0 Å². The molecule has 0 aliphatic carbocycles. The number of anilines is 1. The molecule has 0 aliphatic rings. The van der Waals surface area contributed by atoms with Crippen LogP contribution in [0.3, 0.4) is 0 Å². The van der Waals surface area contributed by atoms with Crippen molar-refractivity contribution in [3.05, 3.63) is 12.0 Å². The Balaban J connectivity index is 2.57. The van der Waals surface area contributed by atoms with Gasteiger partial charge >= 0.3 is 0 Å². The second kappa shape index (κ2) is 5.77. The Morgan fingerprint density at radius 2 is 2.18 bits per heavy atom. The van der Waals surface area contributed by atoms with Crippen molar-refractivity contribution >= 4 is 5.95 Å². The van der Waals surface area contributed by atoms with Crippen molar-refractivity contribution in [1.82, 2.24) is 9.97 Å². The van der Waals surface area contributed by atoms with Crippen LogP contribution in [0.15, 0.2) is 6.20 Å². The van der Waals surface area contributed by atoms with Gasteiger partial charge in [-0.1, -0.05) is 0 Å². The van der Waals surface area contributed by atoms with E-state index in [1.165, 1.54) is 0 Å². The van der Waals surface area contributed by atoms with Gasteiger partial charge in [0.15, 0.2) is 0 Å². The highest BCUT2D eigenvalue weighted by atomic mass is 19.1. The average molecular weight is 243 g/mol. The summed E-state index contributed by atoms with van der Waals surface area (Å²) in [6.45, 7) is 4.20. The van der Waals surface area contributed by atoms with E-state index in [2.05, 4.69) is 15.3 Å². The van der Waals surface area contributed by atoms with Gasteiger partial charge in [-0.3, -0.25) is 0 Å². The second-order valence-corrected chi connectivity index (χ2v) is 4.16. The summed E-state index contributed by atoms with van der Waals surface area (Å²) in [4.78, 5) is 7.60. The van der Waals surface area contributed by atoms with Gasteiger partial charge < -0.3 is 14.8 Å². The fraction of sp³-hybridized carbons (Fsp3) is 0.636. The molecule has 1 aromatic rings. The van der Waals surface area contributed by atoms with Crippen molar-refractivity contribution in [2.45, 2.75) is 25.9 Å². The number of methoxy groups -OCH3 is 1. The first-order chi connectivity index (χ1) is 7.98. The van der Waals surface area contributed by atoms with Crippen LogP contribution in [0, 0.1) is 5.82 Å². The van der Waals surface area contributed by atoms with Crippen LogP contribution in [0.1, 0.15) is 20.3 Å². The highest BCUT2D eigenvalue weighted by Gasteiger charge is 2.17. The molecular formula is C11H18FN3O2. The molecule has 0 spiro atoms. The quantitative estimate of drug-likeness (QED) is 0.826. The summed E-state index contributed by atoms with van der Waals surface area (Å²) in [5, 5.41) is 2.72. The third-order valence-corrected chi connectivity index (χ3v) is 2.43. The zero-order valence-corrected chi connectivity index (χ0v) is 10.6. The zero-order chi connectivity index (χ0) is 12.9. The fourth-order valence-corrected chi connectivity index (χ4v) is 1.07. The van der Waals surface area contributed by atoms with Crippen LogP contribution in [0.5, 0.6) is 5.88 Å². The van der Waals surface area contributed by atoms with E-state index in [1.807, 2.05) is 13.8 Å². The fourth-order valence-electron chi connectivity index (χ4n) is 1.07. The summed E-state index contributed by atoms with van der Waals surface area (Å²) in [5.74, 6) is -0.289. The molecule has 0 atom stereocenters. The van der Waals surface area contributed by atoms with Gasteiger partial charge in [-0.2, -0.15) is 9.37 Å². The second-order valence-electron chi connectivity index (χ2n) is 4.16. The Morgan fingerprint density at radius 3 is 2.76 bits per heavy atom. The van der Waals surface area contributed by atoms with E-state index >= 15 is 0 Å². The molecule has 1 heterocycles. The molecule has 0 unspecified atom stereocenters. The molecule has 0 aliphatic heterocycles. The molecule has 0 aromatic carbocycles. The first-order valence-electron chi connectivity index (χ1n) is 5.37. The van der Waals surface area contributed by atoms with Crippen molar-refractivity contribution in [3.63, 3.8) is 0 Å². The van der Waals surface area contributed by atoms with E-state index < -0.39 is 5.82 Å². The molecule has 1 N–H and O–H groups in total. The first-order valence-corrected chi connectivity index (χ1v) is 5.37. The lowest BCUT2D eigenvalue weighted by Crippen LogP contribution is -2.25. The molecule has 0 saturated heterocycles. The van der Waals surface area contributed by atoms with Gasteiger partial charge in [0.2, 0.25) is 11.8 Å². The third kappa shape index (κ3) is 4.14. The minimum Gasteiger partial charge on any atom is -0.475 e. The molecular weight excluding hydrogens is 225 g/mol. The number of hydrogen-bond donors (Lipinski definition) is 1. The monoisotopic (exact) mass is 243 g/mol. The van der Waals surface area contributed by atoms with E-state index in [9.17, 15) is 4.39 Å². The summed E-state index contributed by atoms with van der Waals surface area (Å²) < 4.78 is 23.8. The molecule has 1 rings (SSSR count). The predicted molar refractivity (Wildman–Crippen MR) is 62.7 cm³/mol. The number of hydrogen-bond acceptors (Lipinski definition) is 5. The number of aromatic nitrogens is 2. The smallest absolute Gasteiger partial charge is 0.255 e. The molecule has 0 amide bonds. The molecule has 0 bridgehead atoms. The number of rotatable bonds is 6. The van der Waals surface area contributed by atoms with Crippen LogP contribution in [0.25, 0.3) is 0 Å². The van der Waals surface area contributed by atoms with Crippen LogP contribution in [-0.2, 0) is 4.74 Å². The lowest BCUT2D eigenvalue weighted by molar-refractivity contribution is 0.00473. The Kier molecular flexibility index (Phi) is 4.62. The average Bonchev–Trinajstić information content (AvgIpc) is 2.31. The van der Waals surface area contributed by atoms with Gasteiger partial charge in [0.1, 0.15) is 0 Å². The van der Waals surface area contributed by atoms with E-state index in [1.54, 1.807) is 14.2 Å².